The van der Waals surface area contributed by atoms with Gasteiger partial charge in [-0.1, -0.05) is 39.8 Å². The second-order valence-corrected chi connectivity index (χ2v) is 6.54. The summed E-state index contributed by atoms with van der Waals surface area (Å²) in [6, 6.07) is 0. The lowest BCUT2D eigenvalue weighted by Gasteiger charge is -2.35. The quantitative estimate of drug-likeness (QED) is 0.722. The molecule has 16 heavy (non-hydrogen) atoms. The van der Waals surface area contributed by atoms with Crippen LogP contribution in [0.2, 0.25) is 0 Å². The first kappa shape index (κ1) is 12.2. The Balaban J connectivity index is 2.10. The second-order valence-electron chi connectivity index (χ2n) is 6.54. The molecule has 5 atom stereocenters. The minimum atomic E-state index is -0.0904. The number of allylic oxidation sites excluding steroid dienone is 2. The summed E-state index contributed by atoms with van der Waals surface area (Å²) < 4.78 is 0. The van der Waals surface area contributed by atoms with Gasteiger partial charge in [0.05, 0.1) is 6.10 Å². The highest BCUT2D eigenvalue weighted by Crippen LogP contribution is 2.52. The molecule has 1 N–H and O–H groups in total. The van der Waals surface area contributed by atoms with Crippen LogP contribution in [0.3, 0.4) is 0 Å². The van der Waals surface area contributed by atoms with Gasteiger partial charge in [-0.3, -0.25) is 0 Å². The normalized spacial score (nSPS) is 38.9. The van der Waals surface area contributed by atoms with Gasteiger partial charge < -0.3 is 5.11 Å². The molecule has 1 heteroatoms. The average Bonchev–Trinajstić information content (AvgIpc) is 2.74. The highest BCUT2D eigenvalue weighted by atomic mass is 16.3. The van der Waals surface area contributed by atoms with Gasteiger partial charge in [-0.25, -0.2) is 0 Å². The fraction of sp³-hybridized carbons (Fsp3) is 0.867. The Hall–Kier alpha value is -0.300. The van der Waals surface area contributed by atoms with Crippen molar-refractivity contribution in [1.82, 2.24) is 0 Å². The molecule has 0 heterocycles. The zero-order valence-electron chi connectivity index (χ0n) is 11.1. The zero-order valence-corrected chi connectivity index (χ0v) is 11.1. The first-order chi connectivity index (χ1) is 7.50. The fourth-order valence-electron chi connectivity index (χ4n) is 4.02. The van der Waals surface area contributed by atoms with E-state index in [9.17, 15) is 5.11 Å². The Morgan fingerprint density at radius 2 is 1.62 bits per heavy atom. The summed E-state index contributed by atoms with van der Waals surface area (Å²) in [5.74, 6) is 3.95. The van der Waals surface area contributed by atoms with Crippen LogP contribution in [-0.2, 0) is 0 Å². The molecule has 1 saturated carbocycles. The van der Waals surface area contributed by atoms with Gasteiger partial charge in [0.2, 0.25) is 0 Å². The van der Waals surface area contributed by atoms with Crippen LogP contribution in [0, 0.1) is 35.5 Å². The molecule has 0 saturated heterocycles. The van der Waals surface area contributed by atoms with Crippen LogP contribution in [0.5, 0.6) is 0 Å². The largest absolute Gasteiger partial charge is 0.393 e. The van der Waals surface area contributed by atoms with E-state index >= 15 is 0 Å². The fourth-order valence-corrected chi connectivity index (χ4v) is 4.02. The van der Waals surface area contributed by atoms with Crippen molar-refractivity contribution in [3.05, 3.63) is 12.2 Å². The van der Waals surface area contributed by atoms with Gasteiger partial charge in [-0.05, 0) is 48.3 Å². The molecule has 2 aliphatic carbocycles. The minimum absolute atomic E-state index is 0.0904. The molecule has 0 radical (unpaired) electrons. The van der Waals surface area contributed by atoms with Crippen molar-refractivity contribution < 1.29 is 5.11 Å². The van der Waals surface area contributed by atoms with Gasteiger partial charge in [-0.2, -0.15) is 0 Å². The Morgan fingerprint density at radius 3 is 2.12 bits per heavy atom. The SMILES string of the molecule is CC(C)C[C@H](O)C1C(C(C)C)[C@H]2C=C[C@@H]1C2. The number of fused-ring (bicyclic) bond motifs is 2. The van der Waals surface area contributed by atoms with E-state index in [0.29, 0.717) is 29.6 Å². The predicted octanol–water partition coefficient (Wildman–Crippen LogP) is 3.49. The lowest BCUT2D eigenvalue weighted by molar-refractivity contribution is 0.0340. The predicted molar refractivity (Wildman–Crippen MR) is 68.0 cm³/mol. The smallest absolute Gasteiger partial charge is 0.0579 e. The van der Waals surface area contributed by atoms with Gasteiger partial charge in [0.15, 0.2) is 0 Å². The number of hydrogen-bond acceptors (Lipinski definition) is 1. The monoisotopic (exact) mass is 222 g/mol. The van der Waals surface area contributed by atoms with Crippen LogP contribution in [0.1, 0.15) is 40.5 Å². The topological polar surface area (TPSA) is 20.2 Å². The van der Waals surface area contributed by atoms with Crippen LogP contribution < -0.4 is 0 Å². The molecule has 2 unspecified atom stereocenters. The molecule has 1 fully saturated rings. The molecule has 0 aromatic heterocycles. The molecule has 1 nitrogen and oxygen atoms in total. The van der Waals surface area contributed by atoms with Crippen LogP contribution in [0.4, 0.5) is 0 Å². The van der Waals surface area contributed by atoms with E-state index < -0.39 is 0 Å². The average molecular weight is 222 g/mol. The Morgan fingerprint density at radius 1 is 1.06 bits per heavy atom. The zero-order chi connectivity index (χ0) is 11.9. The van der Waals surface area contributed by atoms with Crippen molar-refractivity contribution in [2.24, 2.45) is 35.5 Å². The number of rotatable bonds is 4. The Labute approximate surface area is 99.9 Å². The molecule has 0 aliphatic heterocycles. The standard InChI is InChI=1S/C15H26O/c1-9(2)7-13(16)15-12-6-5-11(8-12)14(15)10(3)4/h5-6,9-16H,7-8H2,1-4H3/t11-,12+,13-,14?,15?/m0/s1. The van der Waals surface area contributed by atoms with Gasteiger partial charge in [0, 0.05) is 0 Å². The van der Waals surface area contributed by atoms with Crippen molar-refractivity contribution >= 4 is 0 Å². The van der Waals surface area contributed by atoms with Crippen molar-refractivity contribution in [1.29, 1.82) is 0 Å². The maximum absolute atomic E-state index is 10.4. The van der Waals surface area contributed by atoms with Crippen molar-refractivity contribution in [3.8, 4) is 0 Å². The lowest BCUT2D eigenvalue weighted by atomic mass is 9.72. The van der Waals surface area contributed by atoms with E-state index in [1.54, 1.807) is 0 Å². The first-order valence-electron chi connectivity index (χ1n) is 6.87. The molecule has 0 spiro atoms. The summed E-state index contributed by atoms with van der Waals surface area (Å²) in [4.78, 5) is 0. The summed E-state index contributed by atoms with van der Waals surface area (Å²) in [7, 11) is 0. The maximum atomic E-state index is 10.4. The third-order valence-corrected chi connectivity index (χ3v) is 4.51. The van der Waals surface area contributed by atoms with Gasteiger partial charge in [0.1, 0.15) is 0 Å². The summed E-state index contributed by atoms with van der Waals surface area (Å²) in [5, 5.41) is 10.4. The molecule has 0 aromatic carbocycles. The number of hydrogen-bond donors (Lipinski definition) is 1. The van der Waals surface area contributed by atoms with E-state index in [-0.39, 0.29) is 6.10 Å². The lowest BCUT2D eigenvalue weighted by Crippen LogP contribution is -2.34. The summed E-state index contributed by atoms with van der Waals surface area (Å²) in [6.45, 7) is 9.04. The third-order valence-electron chi connectivity index (χ3n) is 4.51. The van der Waals surface area contributed by atoms with E-state index in [4.69, 9.17) is 0 Å². The third kappa shape index (κ3) is 2.07. The van der Waals surface area contributed by atoms with E-state index in [2.05, 4.69) is 39.8 Å². The van der Waals surface area contributed by atoms with E-state index in [1.165, 1.54) is 6.42 Å². The molecule has 0 amide bonds. The van der Waals surface area contributed by atoms with Crippen LogP contribution >= 0.6 is 0 Å². The van der Waals surface area contributed by atoms with Crippen molar-refractivity contribution in [2.75, 3.05) is 0 Å². The molecule has 2 rings (SSSR count). The summed E-state index contributed by atoms with van der Waals surface area (Å²) >= 11 is 0. The molecular formula is C15H26O. The van der Waals surface area contributed by atoms with Crippen molar-refractivity contribution in [2.45, 2.75) is 46.6 Å². The Bertz CT molecular complexity index is 267. The van der Waals surface area contributed by atoms with Gasteiger partial charge >= 0.3 is 0 Å². The van der Waals surface area contributed by atoms with Crippen molar-refractivity contribution in [3.63, 3.8) is 0 Å². The van der Waals surface area contributed by atoms with Gasteiger partial charge in [0.25, 0.3) is 0 Å². The molecule has 2 aliphatic rings. The summed E-state index contributed by atoms with van der Waals surface area (Å²) in [5.41, 5.74) is 0. The Kier molecular flexibility index (Phi) is 3.44. The van der Waals surface area contributed by atoms with E-state index in [0.717, 1.165) is 12.3 Å². The highest BCUT2D eigenvalue weighted by Gasteiger charge is 2.48. The molecular weight excluding hydrogens is 196 g/mol. The first-order valence-corrected chi connectivity index (χ1v) is 6.87. The van der Waals surface area contributed by atoms with Crippen LogP contribution in [0.15, 0.2) is 12.2 Å². The molecule has 92 valence electrons. The maximum Gasteiger partial charge on any atom is 0.0579 e. The summed E-state index contributed by atoms with van der Waals surface area (Å²) in [6.07, 6.45) is 6.92. The van der Waals surface area contributed by atoms with Crippen LogP contribution in [-0.4, -0.2) is 11.2 Å². The molecule has 2 bridgehead atoms. The minimum Gasteiger partial charge on any atom is -0.393 e. The van der Waals surface area contributed by atoms with Crippen LogP contribution in [0.25, 0.3) is 0 Å². The number of aliphatic hydroxyl groups excluding tert-OH is 1. The van der Waals surface area contributed by atoms with Gasteiger partial charge in [-0.15, -0.1) is 0 Å². The second kappa shape index (κ2) is 4.52. The van der Waals surface area contributed by atoms with E-state index in [1.807, 2.05) is 0 Å². The molecule has 0 aromatic rings. The number of aliphatic hydroxyl groups is 1. The highest BCUT2D eigenvalue weighted by molar-refractivity contribution is 5.15.